The molecular formula is C24H20FN3O. The Morgan fingerprint density at radius 2 is 1.59 bits per heavy atom. The predicted molar refractivity (Wildman–Crippen MR) is 112 cm³/mol. The molecule has 1 heterocycles. The highest BCUT2D eigenvalue weighted by Gasteiger charge is 2.36. The maximum Gasteiger partial charge on any atom is 0.187 e. The highest BCUT2D eigenvalue weighted by atomic mass is 19.1. The number of Topliss-reactive ketones (excluding diaryl/α,β-unsaturated/α-hetero) is 1. The van der Waals surface area contributed by atoms with Crippen LogP contribution in [0.2, 0.25) is 0 Å². The van der Waals surface area contributed by atoms with Crippen molar-refractivity contribution in [3.05, 3.63) is 95.3 Å². The van der Waals surface area contributed by atoms with Crippen molar-refractivity contribution in [1.29, 1.82) is 5.26 Å². The highest BCUT2D eigenvalue weighted by molar-refractivity contribution is 6.03. The number of aryl methyl sites for hydroxylation is 1. The number of hydrogen-bond donors (Lipinski definition) is 0. The lowest BCUT2D eigenvalue weighted by molar-refractivity contribution is 0.0968. The summed E-state index contributed by atoms with van der Waals surface area (Å²) >= 11 is 0. The van der Waals surface area contributed by atoms with Gasteiger partial charge in [0, 0.05) is 23.5 Å². The van der Waals surface area contributed by atoms with Crippen LogP contribution in [-0.2, 0) is 0 Å². The van der Waals surface area contributed by atoms with Crippen molar-refractivity contribution in [3.63, 3.8) is 0 Å². The van der Waals surface area contributed by atoms with E-state index in [9.17, 15) is 9.18 Å². The first-order valence-corrected chi connectivity index (χ1v) is 9.43. The van der Waals surface area contributed by atoms with Gasteiger partial charge in [-0.05, 0) is 55.5 Å². The van der Waals surface area contributed by atoms with Gasteiger partial charge in [0.15, 0.2) is 5.78 Å². The maximum absolute atomic E-state index is 13.3. The van der Waals surface area contributed by atoms with Gasteiger partial charge in [0.2, 0.25) is 0 Å². The van der Waals surface area contributed by atoms with Crippen molar-refractivity contribution in [1.82, 2.24) is 0 Å². The Balaban J connectivity index is 1.67. The monoisotopic (exact) mass is 385 g/mol. The predicted octanol–water partition coefficient (Wildman–Crippen LogP) is 4.54. The van der Waals surface area contributed by atoms with Crippen LogP contribution in [0.1, 0.15) is 21.5 Å². The number of ketones is 1. The summed E-state index contributed by atoms with van der Waals surface area (Å²) in [7, 11) is 0. The molecule has 29 heavy (non-hydrogen) atoms. The lowest BCUT2D eigenvalue weighted by Gasteiger charge is -2.25. The van der Waals surface area contributed by atoms with Crippen molar-refractivity contribution in [3.8, 4) is 6.07 Å². The largest absolute Gasteiger partial charge is 0.351 e. The second-order valence-corrected chi connectivity index (χ2v) is 7.21. The number of nitriles is 1. The van der Waals surface area contributed by atoms with E-state index in [1.807, 2.05) is 31.2 Å². The molecule has 0 amide bonds. The number of hydrogen-bond acceptors (Lipinski definition) is 4. The van der Waals surface area contributed by atoms with Crippen LogP contribution in [0, 0.1) is 24.1 Å². The van der Waals surface area contributed by atoms with E-state index < -0.39 is 0 Å². The van der Waals surface area contributed by atoms with Crippen LogP contribution in [-0.4, -0.2) is 25.0 Å². The summed E-state index contributed by atoms with van der Waals surface area (Å²) in [5.74, 6) is -0.284. The third-order valence-electron chi connectivity index (χ3n) is 5.25. The number of halogens is 1. The van der Waals surface area contributed by atoms with E-state index >= 15 is 0 Å². The molecule has 1 aliphatic heterocycles. The molecule has 0 bridgehead atoms. The van der Waals surface area contributed by atoms with Crippen LogP contribution >= 0.6 is 0 Å². The molecule has 3 aromatic rings. The van der Waals surface area contributed by atoms with Crippen LogP contribution in [0.25, 0.3) is 0 Å². The molecule has 0 spiro atoms. The molecule has 0 radical (unpaired) electrons. The van der Waals surface area contributed by atoms with E-state index in [0.717, 1.165) is 16.9 Å². The van der Waals surface area contributed by atoms with E-state index in [0.29, 0.717) is 24.3 Å². The molecular weight excluding hydrogens is 365 g/mol. The normalized spacial score (nSPS) is 16.0. The van der Waals surface area contributed by atoms with Gasteiger partial charge in [0.05, 0.1) is 18.3 Å². The van der Waals surface area contributed by atoms with Gasteiger partial charge in [-0.25, -0.2) is 4.39 Å². The molecule has 1 unspecified atom stereocenters. The fourth-order valence-corrected chi connectivity index (χ4v) is 3.61. The first kappa shape index (κ1) is 18.7. The lowest BCUT2D eigenvalue weighted by Crippen LogP contribution is -2.37. The second kappa shape index (κ2) is 7.76. The summed E-state index contributed by atoms with van der Waals surface area (Å²) < 4.78 is 13.3. The fourth-order valence-electron chi connectivity index (χ4n) is 3.61. The molecule has 1 fully saturated rings. The molecule has 4 rings (SSSR count). The zero-order valence-corrected chi connectivity index (χ0v) is 16.0. The number of anilines is 2. The first-order valence-electron chi connectivity index (χ1n) is 9.43. The van der Waals surface area contributed by atoms with Gasteiger partial charge in [0.1, 0.15) is 11.9 Å². The van der Waals surface area contributed by atoms with Crippen molar-refractivity contribution >= 4 is 17.2 Å². The highest BCUT2D eigenvalue weighted by Crippen LogP contribution is 2.29. The Labute approximate surface area is 169 Å². The molecule has 144 valence electrons. The number of rotatable bonds is 4. The summed E-state index contributed by atoms with van der Waals surface area (Å²) in [6, 6.07) is 22.8. The van der Waals surface area contributed by atoms with Gasteiger partial charge in [-0.3, -0.25) is 4.79 Å². The molecule has 0 aliphatic carbocycles. The SMILES string of the molecule is Cc1ccc(N2CN(c3ccc(F)cc3)CC2C(=O)c2ccc(C#N)cc2)cc1. The molecule has 0 N–H and O–H groups in total. The third-order valence-corrected chi connectivity index (χ3v) is 5.25. The fraction of sp³-hybridized carbons (Fsp3) is 0.167. The van der Waals surface area contributed by atoms with E-state index in [1.54, 1.807) is 36.4 Å². The summed E-state index contributed by atoms with van der Waals surface area (Å²) in [5.41, 5.74) is 4.09. The average Bonchev–Trinajstić information content (AvgIpc) is 3.19. The van der Waals surface area contributed by atoms with E-state index in [2.05, 4.69) is 15.9 Å². The van der Waals surface area contributed by atoms with Crippen molar-refractivity contribution in [2.24, 2.45) is 0 Å². The van der Waals surface area contributed by atoms with Gasteiger partial charge in [0.25, 0.3) is 0 Å². The smallest absolute Gasteiger partial charge is 0.187 e. The number of benzene rings is 3. The molecule has 0 aromatic heterocycles. The Morgan fingerprint density at radius 1 is 0.966 bits per heavy atom. The standard InChI is InChI=1S/C24H20FN3O/c1-17-2-10-22(11-3-17)28-16-27(21-12-8-20(25)9-13-21)15-23(28)24(29)19-6-4-18(14-26)5-7-19/h2-13,23H,15-16H2,1H3. The number of carbonyl (C=O) groups excluding carboxylic acids is 1. The first-order chi connectivity index (χ1) is 14.0. The minimum absolute atomic E-state index is 0.000300. The summed E-state index contributed by atoms with van der Waals surface area (Å²) in [5, 5.41) is 9.00. The third kappa shape index (κ3) is 3.83. The van der Waals surface area contributed by atoms with Crippen molar-refractivity contribution in [2.75, 3.05) is 23.0 Å². The zero-order chi connectivity index (χ0) is 20.4. The van der Waals surface area contributed by atoms with E-state index in [1.165, 1.54) is 12.1 Å². The summed E-state index contributed by atoms with van der Waals surface area (Å²) in [6.45, 7) is 3.05. The van der Waals surface area contributed by atoms with E-state index in [4.69, 9.17) is 5.26 Å². The molecule has 3 aromatic carbocycles. The van der Waals surface area contributed by atoms with Crippen LogP contribution in [0.15, 0.2) is 72.8 Å². The van der Waals surface area contributed by atoms with Crippen molar-refractivity contribution < 1.29 is 9.18 Å². The quantitative estimate of drug-likeness (QED) is 0.619. The van der Waals surface area contributed by atoms with Crippen LogP contribution in [0.5, 0.6) is 0 Å². The Hall–Kier alpha value is -3.65. The minimum atomic E-state index is -0.379. The zero-order valence-electron chi connectivity index (χ0n) is 16.0. The Bertz CT molecular complexity index is 1050. The van der Waals surface area contributed by atoms with Crippen LogP contribution in [0.3, 0.4) is 0 Å². The molecule has 5 heteroatoms. The summed E-state index contributed by atoms with van der Waals surface area (Å²) in [6.07, 6.45) is 0. The van der Waals surface area contributed by atoms with Gasteiger partial charge in [-0.2, -0.15) is 5.26 Å². The topological polar surface area (TPSA) is 47.3 Å². The molecule has 4 nitrogen and oxygen atoms in total. The molecule has 1 aliphatic rings. The van der Waals surface area contributed by atoms with Crippen molar-refractivity contribution in [2.45, 2.75) is 13.0 Å². The lowest BCUT2D eigenvalue weighted by atomic mass is 10.0. The van der Waals surface area contributed by atoms with Gasteiger partial charge in [-0.1, -0.05) is 29.8 Å². The maximum atomic E-state index is 13.3. The van der Waals surface area contributed by atoms with Crippen LogP contribution < -0.4 is 9.80 Å². The van der Waals surface area contributed by atoms with Crippen LogP contribution in [0.4, 0.5) is 15.8 Å². The molecule has 1 atom stereocenters. The molecule has 1 saturated heterocycles. The van der Waals surface area contributed by atoms with Gasteiger partial charge in [-0.15, -0.1) is 0 Å². The van der Waals surface area contributed by atoms with Gasteiger partial charge >= 0.3 is 0 Å². The second-order valence-electron chi connectivity index (χ2n) is 7.21. The average molecular weight is 385 g/mol. The minimum Gasteiger partial charge on any atom is -0.351 e. The van der Waals surface area contributed by atoms with Gasteiger partial charge < -0.3 is 9.80 Å². The number of carbonyl (C=O) groups is 1. The Kier molecular flexibility index (Phi) is 5.01. The van der Waals surface area contributed by atoms with E-state index in [-0.39, 0.29) is 17.6 Å². The Morgan fingerprint density at radius 3 is 2.21 bits per heavy atom. The summed E-state index contributed by atoms with van der Waals surface area (Å²) in [4.78, 5) is 17.5. The number of nitrogens with zero attached hydrogens (tertiary/aromatic N) is 3. The molecule has 0 saturated carbocycles.